The van der Waals surface area contributed by atoms with Crippen molar-refractivity contribution in [2.45, 2.75) is 57.0 Å². The lowest BCUT2D eigenvalue weighted by Crippen LogP contribution is -2.52. The number of carbonyl (C=O) groups is 3. The fourth-order valence-electron chi connectivity index (χ4n) is 5.58. The summed E-state index contributed by atoms with van der Waals surface area (Å²) < 4.78 is 93.9. The molecule has 0 spiro atoms. The second-order valence-electron chi connectivity index (χ2n) is 10.6. The van der Waals surface area contributed by atoms with Crippen LogP contribution in [0.2, 0.25) is 0 Å². The van der Waals surface area contributed by atoms with E-state index in [1.165, 1.54) is 30.1 Å². The molecule has 0 aliphatic carbocycles. The third kappa shape index (κ3) is 6.82. The highest BCUT2D eigenvalue weighted by Gasteiger charge is 2.41. The van der Waals surface area contributed by atoms with Crippen molar-refractivity contribution in [1.29, 1.82) is 0 Å². The first-order valence-corrected chi connectivity index (χ1v) is 12.9. The van der Waals surface area contributed by atoms with Crippen LogP contribution < -0.4 is 5.32 Å². The van der Waals surface area contributed by atoms with Gasteiger partial charge in [0.2, 0.25) is 17.7 Å². The second-order valence-corrected chi connectivity index (χ2v) is 10.6. The molecule has 6 nitrogen and oxygen atoms in total. The summed E-state index contributed by atoms with van der Waals surface area (Å²) in [6.07, 6.45) is -9.37. The van der Waals surface area contributed by atoms with E-state index in [0.29, 0.717) is 29.7 Å². The lowest BCUT2D eigenvalue weighted by atomic mass is 9.78. The standard InChI is InChI=1S/C28H28F7N3O3/c1-15-9-19(29)3-4-20(15)22-14-38(26(41)23-5-6-24(39)36-23)8-7-21(22)25(40)37(2)13-16-10-17(27(30,31)32)12-18(11-16)28(33,34)35/h3-4,9-12,21-23H,5-8,13-14H2,1-2H3,(H,36,39)/t21?,22?,23-/m1/s1. The van der Waals surface area contributed by atoms with E-state index in [0.717, 1.165) is 4.90 Å². The number of hydrogen-bond acceptors (Lipinski definition) is 3. The molecule has 0 saturated carbocycles. The van der Waals surface area contributed by atoms with E-state index in [2.05, 4.69) is 5.32 Å². The summed E-state index contributed by atoms with van der Waals surface area (Å²) in [6, 6.07) is 4.49. The van der Waals surface area contributed by atoms with Crippen LogP contribution in [-0.4, -0.2) is 53.7 Å². The zero-order chi connectivity index (χ0) is 30.3. The number of alkyl halides is 6. The van der Waals surface area contributed by atoms with Gasteiger partial charge in [0.15, 0.2) is 0 Å². The molecule has 3 amide bonds. The van der Waals surface area contributed by atoms with E-state index in [1.807, 2.05) is 0 Å². The molecular formula is C28H28F7N3O3. The maximum Gasteiger partial charge on any atom is 0.416 e. The predicted octanol–water partition coefficient (Wildman–Crippen LogP) is 5.04. The molecule has 2 aromatic carbocycles. The zero-order valence-electron chi connectivity index (χ0n) is 22.2. The van der Waals surface area contributed by atoms with E-state index in [-0.39, 0.29) is 49.4 Å². The Morgan fingerprint density at radius 1 is 1.00 bits per heavy atom. The summed E-state index contributed by atoms with van der Waals surface area (Å²) in [5, 5.41) is 2.62. The topological polar surface area (TPSA) is 69.7 Å². The first-order valence-electron chi connectivity index (χ1n) is 12.9. The minimum Gasteiger partial charge on any atom is -0.344 e. The van der Waals surface area contributed by atoms with Crippen LogP contribution in [0, 0.1) is 18.7 Å². The van der Waals surface area contributed by atoms with Gasteiger partial charge in [-0.15, -0.1) is 0 Å². The molecular weight excluding hydrogens is 559 g/mol. The van der Waals surface area contributed by atoms with E-state index in [9.17, 15) is 45.1 Å². The maximum absolute atomic E-state index is 13.9. The van der Waals surface area contributed by atoms with Gasteiger partial charge in [0, 0.05) is 44.9 Å². The Morgan fingerprint density at radius 3 is 2.17 bits per heavy atom. The van der Waals surface area contributed by atoms with Crippen LogP contribution in [-0.2, 0) is 33.3 Å². The molecule has 2 aromatic rings. The van der Waals surface area contributed by atoms with Gasteiger partial charge in [0.25, 0.3) is 0 Å². The third-order valence-electron chi connectivity index (χ3n) is 7.61. The van der Waals surface area contributed by atoms with Crippen molar-refractivity contribution in [3.8, 4) is 0 Å². The number of rotatable bonds is 5. The Hall–Kier alpha value is -3.64. The molecule has 2 fully saturated rings. The number of carbonyl (C=O) groups excluding carboxylic acids is 3. The van der Waals surface area contributed by atoms with E-state index in [4.69, 9.17) is 0 Å². The Balaban J connectivity index is 1.61. The van der Waals surface area contributed by atoms with Crippen LogP contribution in [0.15, 0.2) is 36.4 Å². The van der Waals surface area contributed by atoms with Gasteiger partial charge in [-0.05, 0) is 66.8 Å². The minimum absolute atomic E-state index is 0.0260. The second kappa shape index (κ2) is 11.3. The molecule has 1 N–H and O–H groups in total. The number of nitrogens with zero attached hydrogens (tertiary/aromatic N) is 2. The lowest BCUT2D eigenvalue weighted by molar-refractivity contribution is -0.143. The molecule has 2 unspecified atom stereocenters. The van der Waals surface area contributed by atoms with Crippen molar-refractivity contribution in [2.24, 2.45) is 5.92 Å². The number of halogens is 7. The molecule has 2 heterocycles. The third-order valence-corrected chi connectivity index (χ3v) is 7.61. The number of amides is 3. The summed E-state index contributed by atoms with van der Waals surface area (Å²) in [6.45, 7) is 1.33. The number of likely N-dealkylation sites (tertiary alicyclic amines) is 1. The van der Waals surface area contributed by atoms with Crippen molar-refractivity contribution in [2.75, 3.05) is 20.1 Å². The minimum atomic E-state index is -5.03. The maximum atomic E-state index is 13.9. The van der Waals surface area contributed by atoms with Crippen molar-refractivity contribution < 1.29 is 45.1 Å². The van der Waals surface area contributed by atoms with Gasteiger partial charge in [-0.25, -0.2) is 4.39 Å². The highest BCUT2D eigenvalue weighted by molar-refractivity contribution is 5.91. The van der Waals surface area contributed by atoms with Gasteiger partial charge in [0.1, 0.15) is 11.9 Å². The van der Waals surface area contributed by atoms with E-state index >= 15 is 0 Å². The monoisotopic (exact) mass is 587 g/mol. The van der Waals surface area contributed by atoms with E-state index in [1.54, 1.807) is 6.92 Å². The lowest BCUT2D eigenvalue weighted by Gasteiger charge is -2.40. The number of benzene rings is 2. The van der Waals surface area contributed by atoms with Crippen LogP contribution >= 0.6 is 0 Å². The molecule has 0 bridgehead atoms. The van der Waals surface area contributed by atoms with Crippen LogP contribution in [0.25, 0.3) is 0 Å². The smallest absolute Gasteiger partial charge is 0.344 e. The fourth-order valence-corrected chi connectivity index (χ4v) is 5.58. The zero-order valence-corrected chi connectivity index (χ0v) is 22.2. The van der Waals surface area contributed by atoms with Gasteiger partial charge in [0.05, 0.1) is 11.1 Å². The van der Waals surface area contributed by atoms with Gasteiger partial charge < -0.3 is 15.1 Å². The van der Waals surface area contributed by atoms with Gasteiger partial charge in [-0.2, -0.15) is 26.3 Å². The van der Waals surface area contributed by atoms with Gasteiger partial charge in [-0.1, -0.05) is 6.07 Å². The Bertz CT molecular complexity index is 1310. The number of piperidine rings is 1. The Labute approximate surface area is 231 Å². The SMILES string of the molecule is Cc1cc(F)ccc1C1CN(C(=O)[C@H]2CCC(=O)N2)CCC1C(=O)N(C)Cc1cc(C(F)(F)F)cc(C(F)(F)F)c1. The molecule has 222 valence electrons. The van der Waals surface area contributed by atoms with Crippen LogP contribution in [0.4, 0.5) is 30.7 Å². The predicted molar refractivity (Wildman–Crippen MR) is 133 cm³/mol. The fraction of sp³-hybridized carbons (Fsp3) is 0.464. The number of hydrogen-bond donors (Lipinski definition) is 1. The van der Waals surface area contributed by atoms with Gasteiger partial charge in [-0.3, -0.25) is 14.4 Å². The van der Waals surface area contributed by atoms with E-state index < -0.39 is 59.6 Å². The molecule has 2 aliphatic heterocycles. The normalized spacial score (nSPS) is 21.5. The number of nitrogens with one attached hydrogen (secondary N) is 1. The molecule has 0 aromatic heterocycles. The summed E-state index contributed by atoms with van der Waals surface area (Å²) in [7, 11) is 1.29. The molecule has 3 atom stereocenters. The average molecular weight is 588 g/mol. The first kappa shape index (κ1) is 30.3. The van der Waals surface area contributed by atoms with Crippen molar-refractivity contribution in [3.63, 3.8) is 0 Å². The molecule has 0 radical (unpaired) electrons. The van der Waals surface area contributed by atoms with Gasteiger partial charge >= 0.3 is 12.4 Å². The Morgan fingerprint density at radius 2 is 1.63 bits per heavy atom. The molecule has 13 heteroatoms. The van der Waals surface area contributed by atoms with Crippen molar-refractivity contribution >= 4 is 17.7 Å². The van der Waals surface area contributed by atoms with Crippen molar-refractivity contribution in [3.05, 3.63) is 70.0 Å². The molecule has 4 rings (SSSR count). The molecule has 2 saturated heterocycles. The molecule has 2 aliphatic rings. The molecule has 41 heavy (non-hydrogen) atoms. The largest absolute Gasteiger partial charge is 0.416 e. The highest BCUT2D eigenvalue weighted by atomic mass is 19.4. The number of aryl methyl sites for hydroxylation is 1. The Kier molecular flexibility index (Phi) is 8.38. The summed E-state index contributed by atoms with van der Waals surface area (Å²) in [4.78, 5) is 41.0. The van der Waals surface area contributed by atoms with Crippen molar-refractivity contribution in [1.82, 2.24) is 15.1 Å². The summed E-state index contributed by atoms with van der Waals surface area (Å²) in [5.74, 6) is -3.03. The van der Waals surface area contributed by atoms with Crippen LogP contribution in [0.1, 0.15) is 53.0 Å². The average Bonchev–Trinajstić information content (AvgIpc) is 3.32. The summed E-state index contributed by atoms with van der Waals surface area (Å²) >= 11 is 0. The summed E-state index contributed by atoms with van der Waals surface area (Å²) in [5.41, 5.74) is -2.19. The van der Waals surface area contributed by atoms with Crippen LogP contribution in [0.3, 0.4) is 0 Å². The highest BCUT2D eigenvalue weighted by Crippen LogP contribution is 2.38. The quantitative estimate of drug-likeness (QED) is 0.499. The van der Waals surface area contributed by atoms with Crippen LogP contribution in [0.5, 0.6) is 0 Å². The first-order chi connectivity index (χ1) is 19.0.